The number of nitrogens with zero attached hydrogens (tertiary/aromatic N) is 2. The van der Waals surface area contributed by atoms with Crippen molar-refractivity contribution in [1.82, 2.24) is 0 Å². The highest BCUT2D eigenvalue weighted by Crippen LogP contribution is 2.26. The lowest BCUT2D eigenvalue weighted by Crippen LogP contribution is -2.10. The van der Waals surface area contributed by atoms with Crippen molar-refractivity contribution in [2.24, 2.45) is 5.41 Å². The molecule has 100 valence electrons. The van der Waals surface area contributed by atoms with Gasteiger partial charge in [0.25, 0.3) is 0 Å². The molecule has 0 N–H and O–H groups in total. The second-order valence-electron chi connectivity index (χ2n) is 5.50. The van der Waals surface area contributed by atoms with E-state index in [0.29, 0.717) is 12.2 Å². The molecule has 0 unspecified atom stereocenters. The summed E-state index contributed by atoms with van der Waals surface area (Å²) in [7, 11) is 0. The fourth-order valence-corrected chi connectivity index (χ4v) is 1.99. The monoisotopic (exact) mass is 256 g/mol. The number of hydrogen-bond donors (Lipinski definition) is 0. The van der Waals surface area contributed by atoms with Crippen molar-refractivity contribution < 1.29 is 4.74 Å². The molecule has 0 radical (unpaired) electrons. The standard InChI is InChI=1S/C16H20N2O/c1-12-8-14(10-17)9-13(2)15(12)19-7-5-6-16(3,4)11-18/h8-9H,5-7H2,1-4H3. The summed E-state index contributed by atoms with van der Waals surface area (Å²) >= 11 is 0. The second kappa shape index (κ2) is 6.25. The Labute approximate surface area is 115 Å². The van der Waals surface area contributed by atoms with Gasteiger partial charge in [-0.15, -0.1) is 0 Å². The highest BCUT2D eigenvalue weighted by atomic mass is 16.5. The van der Waals surface area contributed by atoms with E-state index in [1.165, 1.54) is 0 Å². The van der Waals surface area contributed by atoms with E-state index in [0.717, 1.165) is 29.7 Å². The first kappa shape index (κ1) is 15.1. The minimum absolute atomic E-state index is 0.294. The van der Waals surface area contributed by atoms with Crippen LogP contribution < -0.4 is 4.74 Å². The molecular formula is C16H20N2O. The van der Waals surface area contributed by atoms with Gasteiger partial charge in [0.1, 0.15) is 5.75 Å². The van der Waals surface area contributed by atoms with Crippen molar-refractivity contribution in [3.63, 3.8) is 0 Å². The van der Waals surface area contributed by atoms with E-state index in [2.05, 4.69) is 12.1 Å². The van der Waals surface area contributed by atoms with Crippen LogP contribution in [0, 0.1) is 41.9 Å². The first-order chi connectivity index (χ1) is 8.89. The van der Waals surface area contributed by atoms with Gasteiger partial charge in [-0.05, 0) is 63.8 Å². The van der Waals surface area contributed by atoms with Crippen LogP contribution in [0.25, 0.3) is 0 Å². The Morgan fingerprint density at radius 1 is 1.16 bits per heavy atom. The highest BCUT2D eigenvalue weighted by Gasteiger charge is 2.16. The summed E-state index contributed by atoms with van der Waals surface area (Å²) in [6, 6.07) is 8.09. The lowest BCUT2D eigenvalue weighted by molar-refractivity contribution is 0.281. The molecule has 0 aliphatic carbocycles. The van der Waals surface area contributed by atoms with Crippen LogP contribution in [0.3, 0.4) is 0 Å². The fourth-order valence-electron chi connectivity index (χ4n) is 1.99. The number of hydrogen-bond acceptors (Lipinski definition) is 3. The Morgan fingerprint density at radius 3 is 2.21 bits per heavy atom. The molecule has 3 heteroatoms. The topological polar surface area (TPSA) is 56.8 Å². The maximum atomic E-state index is 8.93. The minimum atomic E-state index is -0.294. The molecular weight excluding hydrogens is 236 g/mol. The predicted molar refractivity (Wildman–Crippen MR) is 74.8 cm³/mol. The van der Waals surface area contributed by atoms with Gasteiger partial charge < -0.3 is 4.74 Å². The Kier molecular flexibility index (Phi) is 4.95. The van der Waals surface area contributed by atoms with E-state index in [1.54, 1.807) is 0 Å². The van der Waals surface area contributed by atoms with Crippen molar-refractivity contribution in [3.8, 4) is 17.9 Å². The van der Waals surface area contributed by atoms with E-state index < -0.39 is 0 Å². The maximum absolute atomic E-state index is 8.93. The molecule has 0 amide bonds. The molecule has 0 fully saturated rings. The van der Waals surface area contributed by atoms with E-state index >= 15 is 0 Å². The Morgan fingerprint density at radius 2 is 1.74 bits per heavy atom. The molecule has 0 heterocycles. The molecule has 0 aliphatic heterocycles. The van der Waals surface area contributed by atoms with Crippen LogP contribution in [0.1, 0.15) is 43.4 Å². The van der Waals surface area contributed by atoms with Gasteiger partial charge in [0.05, 0.1) is 29.7 Å². The van der Waals surface area contributed by atoms with Crippen LogP contribution in [-0.2, 0) is 0 Å². The number of rotatable bonds is 5. The van der Waals surface area contributed by atoms with Crippen molar-refractivity contribution in [3.05, 3.63) is 28.8 Å². The third-order valence-corrected chi connectivity index (χ3v) is 3.08. The summed E-state index contributed by atoms with van der Waals surface area (Å²) in [4.78, 5) is 0. The van der Waals surface area contributed by atoms with Crippen LogP contribution >= 0.6 is 0 Å². The number of ether oxygens (including phenoxy) is 1. The van der Waals surface area contributed by atoms with Crippen molar-refractivity contribution in [2.75, 3.05) is 6.61 Å². The van der Waals surface area contributed by atoms with Crippen molar-refractivity contribution in [1.29, 1.82) is 10.5 Å². The molecule has 1 aromatic rings. The summed E-state index contributed by atoms with van der Waals surface area (Å²) < 4.78 is 5.79. The highest BCUT2D eigenvalue weighted by molar-refractivity contribution is 5.47. The molecule has 0 saturated carbocycles. The minimum Gasteiger partial charge on any atom is -0.493 e. The second-order valence-corrected chi connectivity index (χ2v) is 5.50. The zero-order valence-electron chi connectivity index (χ0n) is 12.1. The lowest BCUT2D eigenvalue weighted by atomic mass is 9.90. The molecule has 3 nitrogen and oxygen atoms in total. The van der Waals surface area contributed by atoms with Gasteiger partial charge in [-0.3, -0.25) is 0 Å². The Bertz CT molecular complexity index is 510. The maximum Gasteiger partial charge on any atom is 0.125 e. The van der Waals surface area contributed by atoms with Gasteiger partial charge in [0, 0.05) is 0 Å². The molecule has 0 bridgehead atoms. The smallest absolute Gasteiger partial charge is 0.125 e. The summed E-state index contributed by atoms with van der Waals surface area (Å²) in [5, 5.41) is 17.8. The van der Waals surface area contributed by atoms with Crippen LogP contribution in [0.15, 0.2) is 12.1 Å². The van der Waals surface area contributed by atoms with Crippen molar-refractivity contribution >= 4 is 0 Å². The summed E-state index contributed by atoms with van der Waals surface area (Å²) in [5.41, 5.74) is 2.33. The Hall–Kier alpha value is -2.00. The average molecular weight is 256 g/mol. The molecule has 19 heavy (non-hydrogen) atoms. The average Bonchev–Trinajstić information content (AvgIpc) is 2.36. The van der Waals surface area contributed by atoms with E-state index in [1.807, 2.05) is 39.8 Å². The normalized spacial score (nSPS) is 10.6. The fraction of sp³-hybridized carbons (Fsp3) is 0.500. The summed E-state index contributed by atoms with van der Waals surface area (Å²) in [6.45, 7) is 8.36. The molecule has 0 atom stereocenters. The zero-order valence-corrected chi connectivity index (χ0v) is 12.1. The van der Waals surface area contributed by atoms with E-state index in [9.17, 15) is 0 Å². The van der Waals surface area contributed by atoms with Gasteiger partial charge in [-0.25, -0.2) is 0 Å². The SMILES string of the molecule is Cc1cc(C#N)cc(C)c1OCCCC(C)(C)C#N. The Balaban J connectivity index is 2.61. The van der Waals surface area contributed by atoms with Gasteiger partial charge in [-0.1, -0.05) is 0 Å². The molecule has 1 rings (SSSR count). The third kappa shape index (κ3) is 4.30. The van der Waals surface area contributed by atoms with Crippen LogP contribution in [0.4, 0.5) is 0 Å². The largest absolute Gasteiger partial charge is 0.493 e. The van der Waals surface area contributed by atoms with Crippen molar-refractivity contribution in [2.45, 2.75) is 40.5 Å². The molecule has 0 spiro atoms. The molecule has 1 aromatic carbocycles. The van der Waals surface area contributed by atoms with E-state index in [4.69, 9.17) is 15.3 Å². The predicted octanol–water partition coefficient (Wildman–Crippen LogP) is 3.88. The van der Waals surface area contributed by atoms with Crippen LogP contribution in [0.2, 0.25) is 0 Å². The lowest BCUT2D eigenvalue weighted by Gasteiger charge is -2.16. The molecule has 0 aromatic heterocycles. The quantitative estimate of drug-likeness (QED) is 0.751. The number of nitriles is 2. The van der Waals surface area contributed by atoms with Gasteiger partial charge >= 0.3 is 0 Å². The van der Waals surface area contributed by atoms with Gasteiger partial charge in [0.15, 0.2) is 0 Å². The first-order valence-electron chi connectivity index (χ1n) is 6.45. The molecule has 0 aliphatic rings. The number of benzene rings is 1. The zero-order chi connectivity index (χ0) is 14.5. The third-order valence-electron chi connectivity index (χ3n) is 3.08. The first-order valence-corrected chi connectivity index (χ1v) is 6.45. The molecule has 0 saturated heterocycles. The van der Waals surface area contributed by atoms with E-state index in [-0.39, 0.29) is 5.41 Å². The van der Waals surface area contributed by atoms with Gasteiger partial charge in [-0.2, -0.15) is 10.5 Å². The number of aryl methyl sites for hydroxylation is 2. The van der Waals surface area contributed by atoms with Crippen LogP contribution in [-0.4, -0.2) is 6.61 Å². The van der Waals surface area contributed by atoms with Gasteiger partial charge in [0.2, 0.25) is 0 Å². The summed E-state index contributed by atoms with van der Waals surface area (Å²) in [5.74, 6) is 0.855. The van der Waals surface area contributed by atoms with Crippen LogP contribution in [0.5, 0.6) is 5.75 Å². The summed E-state index contributed by atoms with van der Waals surface area (Å²) in [6.07, 6.45) is 1.66.